The molecule has 0 radical (unpaired) electrons. The number of hydrazone groups is 1. The number of benzene rings is 2. The lowest BCUT2D eigenvalue weighted by atomic mass is 10.1. The summed E-state index contributed by atoms with van der Waals surface area (Å²) in [5, 5.41) is 19.4. The van der Waals surface area contributed by atoms with Crippen LogP contribution in [-0.2, 0) is 24.3 Å². The number of halogens is 6. The molecule has 0 atom stereocenters. The Morgan fingerprint density at radius 3 is 2.23 bits per heavy atom. The van der Waals surface area contributed by atoms with Gasteiger partial charge in [-0.05, 0) is 48.2 Å². The average molecular weight is 646 g/mol. The minimum absolute atomic E-state index is 0.0400. The largest absolute Gasteiger partial charge is 0.573 e. The fourth-order valence-electron chi connectivity index (χ4n) is 3.90. The number of unbranched alkanes of at least 4 members (excludes halogenated alkanes) is 1. The van der Waals surface area contributed by atoms with Crippen LogP contribution in [0.3, 0.4) is 0 Å². The number of alkyl halides is 6. The summed E-state index contributed by atoms with van der Waals surface area (Å²) < 4.78 is 83.7. The lowest BCUT2D eigenvalue weighted by Crippen LogP contribution is -2.29. The summed E-state index contributed by atoms with van der Waals surface area (Å²) in [4.78, 5) is 24.7. The van der Waals surface area contributed by atoms with Crippen LogP contribution in [0.5, 0.6) is 11.5 Å². The number of aromatic nitrogens is 3. The second-order valence-electron chi connectivity index (χ2n) is 9.28. The van der Waals surface area contributed by atoms with E-state index in [1.165, 1.54) is 46.9 Å². The number of nitrogens with zero attached hydrogens (tertiary/aromatic N) is 5. The Labute approximate surface area is 250 Å². The highest BCUT2D eigenvalue weighted by atomic mass is 32.2. The van der Waals surface area contributed by atoms with Crippen LogP contribution >= 0.6 is 11.8 Å². The van der Waals surface area contributed by atoms with Crippen LogP contribution < -0.4 is 20.1 Å². The molecule has 3 aromatic rings. The van der Waals surface area contributed by atoms with E-state index in [4.69, 9.17) is 0 Å². The van der Waals surface area contributed by atoms with Crippen molar-refractivity contribution in [1.29, 1.82) is 0 Å². The highest BCUT2D eigenvalue weighted by Gasteiger charge is 2.32. The minimum Gasteiger partial charge on any atom is -0.406 e. The van der Waals surface area contributed by atoms with E-state index < -0.39 is 36.0 Å². The van der Waals surface area contributed by atoms with Crippen LogP contribution in [0.25, 0.3) is 0 Å². The number of hydrogen-bond donors (Lipinski definition) is 2. The molecule has 0 aliphatic carbocycles. The molecule has 0 unspecified atom stereocenters. The van der Waals surface area contributed by atoms with Crippen LogP contribution in [0.4, 0.5) is 26.3 Å². The van der Waals surface area contributed by atoms with Gasteiger partial charge in [0, 0.05) is 19.6 Å². The van der Waals surface area contributed by atoms with E-state index in [-0.39, 0.29) is 18.7 Å². The number of nitrogens with one attached hydrogen (secondary N) is 2. The normalized spacial score (nSPS) is 13.4. The molecule has 11 nitrogen and oxygen atoms in total. The van der Waals surface area contributed by atoms with Gasteiger partial charge in [0.05, 0.1) is 18.5 Å². The van der Waals surface area contributed by atoms with Gasteiger partial charge >= 0.3 is 12.7 Å². The molecule has 2 heterocycles. The van der Waals surface area contributed by atoms with Gasteiger partial charge in [-0.1, -0.05) is 41.2 Å². The highest BCUT2D eigenvalue weighted by Crippen LogP contribution is 2.25. The maximum atomic E-state index is 12.4. The number of carbonyl (C=O) groups excluding carboxylic acids is 2. The number of amides is 2. The lowest BCUT2D eigenvalue weighted by Gasteiger charge is -2.11. The molecular formula is C26H25F6N7O4S. The number of thioether (sulfide) groups is 1. The van der Waals surface area contributed by atoms with Gasteiger partial charge in [0.2, 0.25) is 5.91 Å². The highest BCUT2D eigenvalue weighted by molar-refractivity contribution is 8.14. The number of carbonyl (C=O) groups is 2. The maximum absolute atomic E-state index is 12.4. The van der Waals surface area contributed by atoms with Crippen molar-refractivity contribution in [2.24, 2.45) is 5.10 Å². The number of rotatable bonds is 12. The monoisotopic (exact) mass is 645 g/mol. The first-order valence-corrected chi connectivity index (χ1v) is 13.9. The van der Waals surface area contributed by atoms with Crippen molar-refractivity contribution >= 4 is 28.7 Å². The smallest absolute Gasteiger partial charge is 0.406 e. The van der Waals surface area contributed by atoms with Crippen LogP contribution in [-0.4, -0.2) is 62.1 Å². The third-order valence-electron chi connectivity index (χ3n) is 5.74. The first kappa shape index (κ1) is 32.4. The number of ether oxygens (including phenoxy) is 2. The van der Waals surface area contributed by atoms with Crippen LogP contribution in [0.1, 0.15) is 34.5 Å². The topological polar surface area (TPSA) is 123 Å². The molecule has 2 N–H and O–H groups in total. The summed E-state index contributed by atoms with van der Waals surface area (Å²) in [5.74, 6) is -1.27. The molecule has 2 aromatic carbocycles. The molecule has 2 amide bonds. The zero-order chi connectivity index (χ0) is 31.7. The average Bonchev–Trinajstić information content (AvgIpc) is 3.58. The SMILES string of the molecule is O=C(Cc1cccc(OC(F)(F)F)c1)NC1=NN(CCCCn2cc(C(=O)NCc3cccc(OC(F)(F)F)c3)nn2)CS1. The zero-order valence-corrected chi connectivity index (χ0v) is 23.5. The van der Waals surface area contributed by atoms with Crippen molar-refractivity contribution < 1.29 is 45.4 Å². The van der Waals surface area contributed by atoms with E-state index in [9.17, 15) is 35.9 Å². The fraction of sp³-hybridized carbons (Fsp3) is 0.346. The van der Waals surface area contributed by atoms with Crippen molar-refractivity contribution in [1.82, 2.24) is 30.6 Å². The molecule has 44 heavy (non-hydrogen) atoms. The van der Waals surface area contributed by atoms with E-state index in [0.29, 0.717) is 48.1 Å². The molecule has 0 bridgehead atoms. The summed E-state index contributed by atoms with van der Waals surface area (Å²) in [6, 6.07) is 10.4. The molecule has 4 rings (SSSR count). The van der Waals surface area contributed by atoms with E-state index in [1.807, 2.05) is 0 Å². The zero-order valence-electron chi connectivity index (χ0n) is 22.7. The maximum Gasteiger partial charge on any atom is 0.573 e. The molecule has 18 heteroatoms. The van der Waals surface area contributed by atoms with Gasteiger partial charge in [-0.25, -0.2) is 0 Å². The first-order chi connectivity index (χ1) is 20.8. The van der Waals surface area contributed by atoms with E-state index >= 15 is 0 Å². The van der Waals surface area contributed by atoms with Gasteiger partial charge in [0.1, 0.15) is 11.5 Å². The molecular weight excluding hydrogens is 620 g/mol. The predicted octanol–water partition coefficient (Wildman–Crippen LogP) is 4.42. The lowest BCUT2D eigenvalue weighted by molar-refractivity contribution is -0.275. The number of hydrogen-bond acceptors (Lipinski definition) is 9. The van der Waals surface area contributed by atoms with E-state index in [1.54, 1.807) is 11.1 Å². The summed E-state index contributed by atoms with van der Waals surface area (Å²) >= 11 is 1.31. The van der Waals surface area contributed by atoms with Crippen molar-refractivity contribution in [3.05, 3.63) is 71.5 Å². The Morgan fingerprint density at radius 1 is 0.909 bits per heavy atom. The molecule has 0 spiro atoms. The van der Waals surface area contributed by atoms with Gasteiger partial charge in [-0.15, -0.1) is 31.4 Å². The molecule has 0 saturated carbocycles. The van der Waals surface area contributed by atoms with Gasteiger partial charge in [-0.3, -0.25) is 19.3 Å². The number of amidine groups is 1. The Balaban J connectivity index is 1.15. The van der Waals surface area contributed by atoms with Crippen molar-refractivity contribution in [3.63, 3.8) is 0 Å². The third-order valence-corrected chi connectivity index (χ3v) is 6.62. The van der Waals surface area contributed by atoms with Crippen LogP contribution in [0.2, 0.25) is 0 Å². The molecule has 0 saturated heterocycles. The molecule has 236 valence electrons. The van der Waals surface area contributed by atoms with E-state index in [0.717, 1.165) is 18.2 Å². The van der Waals surface area contributed by atoms with Crippen molar-refractivity contribution in [2.75, 3.05) is 12.4 Å². The quantitative estimate of drug-likeness (QED) is 0.219. The minimum atomic E-state index is -4.83. The summed E-state index contributed by atoms with van der Waals surface area (Å²) in [5.41, 5.74) is 0.805. The molecule has 0 fully saturated rings. The number of aryl methyl sites for hydroxylation is 1. The second kappa shape index (κ2) is 14.3. The summed E-state index contributed by atoms with van der Waals surface area (Å²) in [7, 11) is 0. The Hall–Kier alpha value is -4.48. The van der Waals surface area contributed by atoms with E-state index in [2.05, 4.69) is 35.5 Å². The van der Waals surface area contributed by atoms with Gasteiger partial charge in [0.25, 0.3) is 5.91 Å². The summed E-state index contributed by atoms with van der Waals surface area (Å²) in [6.07, 6.45) is -6.97. The summed E-state index contributed by atoms with van der Waals surface area (Å²) in [6.45, 7) is 0.993. The second-order valence-corrected chi connectivity index (χ2v) is 10.2. The molecule has 1 aromatic heterocycles. The van der Waals surface area contributed by atoms with Crippen LogP contribution in [0, 0.1) is 0 Å². The molecule has 1 aliphatic heterocycles. The first-order valence-electron chi connectivity index (χ1n) is 13.0. The van der Waals surface area contributed by atoms with Gasteiger partial charge in [-0.2, -0.15) is 5.10 Å². The Kier molecular flexibility index (Phi) is 10.6. The Bertz CT molecular complexity index is 1480. The van der Waals surface area contributed by atoms with Gasteiger partial charge in [0.15, 0.2) is 10.9 Å². The van der Waals surface area contributed by atoms with Crippen molar-refractivity contribution in [2.45, 2.75) is 45.1 Å². The van der Waals surface area contributed by atoms with Crippen LogP contribution in [0.15, 0.2) is 59.8 Å². The van der Waals surface area contributed by atoms with Crippen molar-refractivity contribution in [3.8, 4) is 11.5 Å². The fourth-order valence-corrected chi connectivity index (χ4v) is 4.72. The predicted molar refractivity (Wildman–Crippen MR) is 145 cm³/mol. The standard InChI is InChI=1S/C26H25F6N7O4S/c27-25(28,29)42-19-7-3-5-17(11-19)13-22(40)34-24-36-39(16-44-24)10-2-1-9-38-15-21(35-37-38)23(41)33-14-18-6-4-8-20(12-18)43-26(30,31)32/h3-8,11-12,15H,1-2,9-10,13-14,16H2,(H,33,41)(H,34,36,40). The molecule has 1 aliphatic rings. The third kappa shape index (κ3) is 11.0. The van der Waals surface area contributed by atoms with Gasteiger partial charge < -0.3 is 20.1 Å². The Morgan fingerprint density at radius 2 is 1.55 bits per heavy atom.